The lowest BCUT2D eigenvalue weighted by Crippen LogP contribution is -2.42. The second-order valence-corrected chi connectivity index (χ2v) is 4.30. The molecule has 6 heteroatoms. The first-order valence-corrected chi connectivity index (χ1v) is 5.63. The molecular formula is C12H22N4O2. The number of hydrogen-bond donors (Lipinski definition) is 5. The number of terminal acetylenes is 1. The average molecular weight is 254 g/mol. The number of carbonyl (C=O) groups excluding carboxylic acids is 1. The van der Waals surface area contributed by atoms with Crippen molar-refractivity contribution >= 4 is 5.91 Å². The minimum atomic E-state index is -0.879. The lowest BCUT2D eigenvalue weighted by Gasteiger charge is -2.22. The second kappa shape index (κ2) is 7.45. The van der Waals surface area contributed by atoms with Crippen LogP contribution >= 0.6 is 0 Å². The Balaban J connectivity index is 4.83. The van der Waals surface area contributed by atoms with Crippen molar-refractivity contribution in [2.45, 2.75) is 19.4 Å². The van der Waals surface area contributed by atoms with E-state index in [1.807, 2.05) is 0 Å². The maximum absolute atomic E-state index is 11.8. The topological polar surface area (TPSA) is 85.4 Å². The highest BCUT2D eigenvalue weighted by Gasteiger charge is 2.16. The molecule has 0 unspecified atom stereocenters. The van der Waals surface area contributed by atoms with Crippen molar-refractivity contribution in [2.75, 3.05) is 27.2 Å². The third-order valence-corrected chi connectivity index (χ3v) is 2.03. The van der Waals surface area contributed by atoms with E-state index >= 15 is 0 Å². The molecule has 0 saturated heterocycles. The van der Waals surface area contributed by atoms with Gasteiger partial charge in [0.05, 0.1) is 12.1 Å². The van der Waals surface area contributed by atoms with Crippen LogP contribution in [-0.2, 0) is 4.79 Å². The fraction of sp³-hybridized carbons (Fsp3) is 0.583. The van der Waals surface area contributed by atoms with E-state index in [9.17, 15) is 9.90 Å². The second-order valence-electron chi connectivity index (χ2n) is 4.30. The molecule has 0 saturated carbocycles. The van der Waals surface area contributed by atoms with Crippen molar-refractivity contribution in [3.05, 3.63) is 11.5 Å². The third-order valence-electron chi connectivity index (χ3n) is 2.03. The molecular weight excluding hydrogens is 232 g/mol. The average Bonchev–Trinajstić information content (AvgIpc) is 2.30. The highest BCUT2D eigenvalue weighted by atomic mass is 16.3. The summed E-state index contributed by atoms with van der Waals surface area (Å²) in [5, 5.41) is 20.8. The van der Waals surface area contributed by atoms with E-state index in [1.165, 1.54) is 0 Å². The first-order chi connectivity index (χ1) is 8.35. The summed E-state index contributed by atoms with van der Waals surface area (Å²) in [7, 11) is 3.31. The number of nitrogens with one attached hydrogen (secondary N) is 4. The molecule has 6 nitrogen and oxygen atoms in total. The highest BCUT2D eigenvalue weighted by molar-refractivity contribution is 5.93. The smallest absolute Gasteiger partial charge is 0.271 e. The Kier molecular flexibility index (Phi) is 6.68. The molecule has 0 spiro atoms. The van der Waals surface area contributed by atoms with Crippen molar-refractivity contribution in [2.24, 2.45) is 0 Å². The van der Waals surface area contributed by atoms with E-state index in [1.54, 1.807) is 27.9 Å². The first-order valence-electron chi connectivity index (χ1n) is 5.63. The first kappa shape index (κ1) is 16.1. The van der Waals surface area contributed by atoms with Gasteiger partial charge in [0, 0.05) is 20.6 Å². The molecule has 0 fully saturated rings. The Morgan fingerprint density at radius 3 is 2.28 bits per heavy atom. The molecule has 0 rings (SSSR count). The molecule has 0 aliphatic rings. The maximum atomic E-state index is 11.8. The van der Waals surface area contributed by atoms with Crippen molar-refractivity contribution in [1.82, 2.24) is 21.3 Å². The summed E-state index contributed by atoms with van der Waals surface area (Å²) in [6.45, 7) is 3.80. The van der Waals surface area contributed by atoms with Gasteiger partial charge in [0.1, 0.15) is 11.5 Å². The SMILES string of the molecule is C#CCNC(=O)/C(NC)=C(/NC)NCC(C)(C)O. The van der Waals surface area contributed by atoms with E-state index < -0.39 is 5.60 Å². The fourth-order valence-electron chi connectivity index (χ4n) is 1.18. The zero-order valence-electron chi connectivity index (χ0n) is 11.3. The molecule has 18 heavy (non-hydrogen) atoms. The molecule has 0 radical (unpaired) electrons. The predicted molar refractivity (Wildman–Crippen MR) is 71.3 cm³/mol. The Hall–Kier alpha value is -1.87. The number of amides is 1. The monoisotopic (exact) mass is 254 g/mol. The largest absolute Gasteiger partial charge is 0.389 e. The summed E-state index contributed by atoms with van der Waals surface area (Å²) >= 11 is 0. The van der Waals surface area contributed by atoms with Gasteiger partial charge in [-0.1, -0.05) is 5.92 Å². The van der Waals surface area contributed by atoms with Crippen molar-refractivity contribution in [3.63, 3.8) is 0 Å². The van der Waals surface area contributed by atoms with Crippen LogP contribution in [0, 0.1) is 12.3 Å². The molecule has 0 aromatic rings. The van der Waals surface area contributed by atoms with E-state index in [4.69, 9.17) is 6.42 Å². The number of carbonyl (C=O) groups is 1. The predicted octanol–water partition coefficient (Wildman–Crippen LogP) is -1.30. The van der Waals surface area contributed by atoms with Crippen LogP contribution in [0.4, 0.5) is 0 Å². The summed E-state index contributed by atoms with van der Waals surface area (Å²) in [6, 6.07) is 0. The molecule has 0 atom stereocenters. The summed E-state index contributed by atoms with van der Waals surface area (Å²) in [5.41, 5.74) is -0.548. The Morgan fingerprint density at radius 2 is 1.89 bits per heavy atom. The normalized spacial score (nSPS) is 12.0. The molecule has 0 aromatic heterocycles. The van der Waals surface area contributed by atoms with Crippen LogP contribution in [0.1, 0.15) is 13.8 Å². The molecule has 0 bridgehead atoms. The number of hydrogen-bond acceptors (Lipinski definition) is 5. The third kappa shape index (κ3) is 6.01. The fourth-order valence-corrected chi connectivity index (χ4v) is 1.18. The Morgan fingerprint density at radius 1 is 1.28 bits per heavy atom. The van der Waals surface area contributed by atoms with Crippen LogP contribution in [0.2, 0.25) is 0 Å². The van der Waals surface area contributed by atoms with Gasteiger partial charge >= 0.3 is 0 Å². The number of likely N-dealkylation sites (N-methyl/N-ethyl adjacent to an activating group) is 1. The summed E-state index contributed by atoms with van der Waals surface area (Å²) in [6.07, 6.45) is 5.08. The van der Waals surface area contributed by atoms with Gasteiger partial charge < -0.3 is 26.4 Å². The number of rotatable bonds is 7. The lowest BCUT2D eigenvalue weighted by atomic mass is 10.1. The van der Waals surface area contributed by atoms with Crippen LogP contribution < -0.4 is 21.3 Å². The Labute approximate surface area is 108 Å². The summed E-state index contributed by atoms with van der Waals surface area (Å²) in [4.78, 5) is 11.8. The van der Waals surface area contributed by atoms with E-state index in [2.05, 4.69) is 27.2 Å². The molecule has 1 amide bonds. The van der Waals surface area contributed by atoms with Crippen molar-refractivity contribution in [3.8, 4) is 12.3 Å². The molecule has 0 aromatic carbocycles. The van der Waals surface area contributed by atoms with Crippen molar-refractivity contribution < 1.29 is 9.90 Å². The van der Waals surface area contributed by atoms with Gasteiger partial charge in [-0.15, -0.1) is 6.42 Å². The highest BCUT2D eigenvalue weighted by Crippen LogP contribution is 2.01. The van der Waals surface area contributed by atoms with Gasteiger partial charge in [0.2, 0.25) is 0 Å². The zero-order chi connectivity index (χ0) is 14.2. The summed E-state index contributed by atoms with van der Waals surface area (Å²) in [5.74, 6) is 2.51. The minimum Gasteiger partial charge on any atom is -0.389 e. The van der Waals surface area contributed by atoms with Gasteiger partial charge in [-0.25, -0.2) is 0 Å². The standard InChI is InChI=1S/C12H22N4O2/c1-6-7-15-11(17)9(13-4)10(14-5)16-8-12(2,3)18/h1,13-14,16,18H,7-8H2,2-5H3,(H,15,17)/b10-9+. The molecule has 102 valence electrons. The van der Waals surface area contributed by atoms with Crippen LogP contribution in [0.3, 0.4) is 0 Å². The lowest BCUT2D eigenvalue weighted by molar-refractivity contribution is -0.117. The summed E-state index contributed by atoms with van der Waals surface area (Å²) < 4.78 is 0. The molecule has 5 N–H and O–H groups in total. The molecule has 0 aliphatic heterocycles. The maximum Gasteiger partial charge on any atom is 0.271 e. The van der Waals surface area contributed by atoms with Gasteiger partial charge in [0.25, 0.3) is 5.91 Å². The van der Waals surface area contributed by atoms with Gasteiger partial charge in [-0.2, -0.15) is 0 Å². The quantitative estimate of drug-likeness (QED) is 0.288. The van der Waals surface area contributed by atoms with Crippen LogP contribution in [0.5, 0.6) is 0 Å². The number of aliphatic hydroxyl groups is 1. The van der Waals surface area contributed by atoms with Gasteiger partial charge in [-0.05, 0) is 13.8 Å². The minimum absolute atomic E-state index is 0.159. The van der Waals surface area contributed by atoms with Crippen LogP contribution in [0.15, 0.2) is 11.5 Å². The molecule has 0 heterocycles. The zero-order valence-corrected chi connectivity index (χ0v) is 11.3. The van der Waals surface area contributed by atoms with Gasteiger partial charge in [-0.3, -0.25) is 4.79 Å². The van der Waals surface area contributed by atoms with E-state index in [0.717, 1.165) is 0 Å². The van der Waals surface area contributed by atoms with Crippen LogP contribution in [0.25, 0.3) is 0 Å². The van der Waals surface area contributed by atoms with Gasteiger partial charge in [0.15, 0.2) is 0 Å². The van der Waals surface area contributed by atoms with Crippen molar-refractivity contribution in [1.29, 1.82) is 0 Å². The van der Waals surface area contributed by atoms with E-state index in [0.29, 0.717) is 18.1 Å². The van der Waals surface area contributed by atoms with Crippen LogP contribution in [-0.4, -0.2) is 43.8 Å². The van der Waals surface area contributed by atoms with E-state index in [-0.39, 0.29) is 12.5 Å². The molecule has 0 aliphatic carbocycles. The Bertz CT molecular complexity index is 350.